The third-order valence-corrected chi connectivity index (χ3v) is 4.67. The lowest BCUT2D eigenvalue weighted by Gasteiger charge is -2.34. The van der Waals surface area contributed by atoms with E-state index in [0.29, 0.717) is 30.4 Å². The van der Waals surface area contributed by atoms with Crippen LogP contribution in [0.3, 0.4) is 0 Å². The van der Waals surface area contributed by atoms with E-state index >= 15 is 0 Å². The molecule has 1 aliphatic heterocycles. The van der Waals surface area contributed by atoms with E-state index in [1.165, 1.54) is 6.07 Å². The third-order valence-electron chi connectivity index (χ3n) is 4.67. The largest absolute Gasteiger partial charge is 0.369 e. The van der Waals surface area contributed by atoms with Crippen molar-refractivity contribution in [3.05, 3.63) is 47.5 Å². The number of amides is 1. The quantitative estimate of drug-likeness (QED) is 0.844. The van der Waals surface area contributed by atoms with Gasteiger partial charge in [-0.15, -0.1) is 0 Å². The fourth-order valence-electron chi connectivity index (χ4n) is 3.39. The molecule has 0 unspecified atom stereocenters. The van der Waals surface area contributed by atoms with Crippen molar-refractivity contribution in [3.63, 3.8) is 0 Å². The Morgan fingerprint density at radius 2 is 2.00 bits per heavy atom. The number of para-hydroxylation sites is 1. The van der Waals surface area contributed by atoms with E-state index in [1.54, 1.807) is 18.2 Å². The van der Waals surface area contributed by atoms with Crippen LogP contribution < -0.4 is 16.0 Å². The maximum absolute atomic E-state index is 13.9. The Bertz CT molecular complexity index is 803. The van der Waals surface area contributed by atoms with Gasteiger partial charge in [0.1, 0.15) is 11.5 Å². The molecule has 6 nitrogen and oxygen atoms in total. The molecule has 7 heteroatoms. The number of nitrogens with two attached hydrogens (primary N) is 1. The van der Waals surface area contributed by atoms with Crippen molar-refractivity contribution in [2.45, 2.75) is 39.2 Å². The van der Waals surface area contributed by atoms with Crippen molar-refractivity contribution in [1.29, 1.82) is 0 Å². The van der Waals surface area contributed by atoms with Crippen molar-refractivity contribution in [3.8, 4) is 0 Å². The van der Waals surface area contributed by atoms with Gasteiger partial charge in [-0.3, -0.25) is 4.79 Å². The molecule has 0 spiro atoms. The number of aromatic nitrogens is 2. The van der Waals surface area contributed by atoms with Crippen LogP contribution >= 0.6 is 0 Å². The molecule has 3 rings (SSSR count). The highest BCUT2D eigenvalue weighted by molar-refractivity contribution is 5.92. The van der Waals surface area contributed by atoms with Gasteiger partial charge in [0.05, 0.1) is 5.69 Å². The van der Waals surface area contributed by atoms with Crippen LogP contribution in [0, 0.1) is 11.7 Å². The summed E-state index contributed by atoms with van der Waals surface area (Å²) in [6.45, 7) is 5.55. The molecule has 27 heavy (non-hydrogen) atoms. The van der Waals surface area contributed by atoms with Gasteiger partial charge in [-0.2, -0.15) is 0 Å². The normalized spacial score (nSPS) is 15.2. The first-order valence-electron chi connectivity index (χ1n) is 9.36. The van der Waals surface area contributed by atoms with Gasteiger partial charge in [0, 0.05) is 24.8 Å². The summed E-state index contributed by atoms with van der Waals surface area (Å²) >= 11 is 0. The Balaban J connectivity index is 1.60. The van der Waals surface area contributed by atoms with Gasteiger partial charge < -0.3 is 16.0 Å². The van der Waals surface area contributed by atoms with Crippen LogP contribution in [0.1, 0.15) is 42.9 Å². The number of hydrogen-bond acceptors (Lipinski definition) is 5. The first-order valence-corrected chi connectivity index (χ1v) is 9.36. The number of carbonyl (C=O) groups excluding carboxylic acids is 1. The summed E-state index contributed by atoms with van der Waals surface area (Å²) in [5.41, 5.74) is 7.45. The van der Waals surface area contributed by atoms with E-state index in [0.717, 1.165) is 25.0 Å². The van der Waals surface area contributed by atoms with Crippen molar-refractivity contribution in [1.82, 2.24) is 15.3 Å². The van der Waals surface area contributed by atoms with Gasteiger partial charge in [-0.05, 0) is 43.4 Å². The molecule has 0 saturated carbocycles. The summed E-state index contributed by atoms with van der Waals surface area (Å²) < 4.78 is 13.9. The lowest BCUT2D eigenvalue weighted by Crippen LogP contribution is -2.45. The van der Waals surface area contributed by atoms with Gasteiger partial charge in [0.25, 0.3) is 5.91 Å². The zero-order valence-electron chi connectivity index (χ0n) is 15.8. The Morgan fingerprint density at radius 1 is 1.30 bits per heavy atom. The Morgan fingerprint density at radius 3 is 2.67 bits per heavy atom. The molecule has 2 heterocycles. The highest BCUT2D eigenvalue weighted by atomic mass is 19.1. The second kappa shape index (κ2) is 8.33. The Hall–Kier alpha value is -2.70. The number of nitrogens with zero attached hydrogens (tertiary/aromatic N) is 3. The van der Waals surface area contributed by atoms with Crippen LogP contribution in [0.4, 0.5) is 16.0 Å². The number of halogens is 1. The summed E-state index contributed by atoms with van der Waals surface area (Å²) in [4.78, 5) is 22.9. The molecule has 144 valence electrons. The molecule has 3 N–H and O–H groups in total. The zero-order valence-corrected chi connectivity index (χ0v) is 15.8. The molecular formula is C20H26FN5O. The maximum atomic E-state index is 13.9. The molecule has 2 aromatic rings. The van der Waals surface area contributed by atoms with Crippen LogP contribution in [-0.2, 0) is 6.42 Å². The van der Waals surface area contributed by atoms with Crippen LogP contribution in [-0.4, -0.2) is 35.0 Å². The molecule has 0 atom stereocenters. The predicted octanol–water partition coefficient (Wildman–Crippen LogP) is 2.80. The smallest absolute Gasteiger partial charge is 0.270 e. The third kappa shape index (κ3) is 4.93. The number of piperidine rings is 1. The number of hydrogen-bond donors (Lipinski definition) is 2. The Kier molecular flexibility index (Phi) is 5.88. The first-order chi connectivity index (χ1) is 12.9. The fourth-order valence-corrected chi connectivity index (χ4v) is 3.39. The molecule has 1 aliphatic rings. The first kappa shape index (κ1) is 19.1. The SMILES string of the molecule is CC(C)Cc1cc(C(=O)NC2CCN(c3ccccc3F)CC2)nc(N)n1. The van der Waals surface area contributed by atoms with Crippen LogP contribution in [0.2, 0.25) is 0 Å². The molecule has 0 aliphatic carbocycles. The molecular weight excluding hydrogens is 345 g/mol. The molecule has 1 aromatic heterocycles. The van der Waals surface area contributed by atoms with Gasteiger partial charge >= 0.3 is 0 Å². The van der Waals surface area contributed by atoms with E-state index < -0.39 is 0 Å². The summed E-state index contributed by atoms with van der Waals surface area (Å²) in [7, 11) is 0. The van der Waals surface area contributed by atoms with Gasteiger partial charge in [-0.25, -0.2) is 14.4 Å². The van der Waals surface area contributed by atoms with Crippen LogP contribution in [0.25, 0.3) is 0 Å². The molecule has 1 saturated heterocycles. The molecule has 0 bridgehead atoms. The van der Waals surface area contributed by atoms with Crippen molar-refractivity contribution >= 4 is 17.5 Å². The fraction of sp³-hybridized carbons (Fsp3) is 0.450. The van der Waals surface area contributed by atoms with Gasteiger partial charge in [0.2, 0.25) is 5.95 Å². The lowest BCUT2D eigenvalue weighted by atomic mass is 10.0. The summed E-state index contributed by atoms with van der Waals surface area (Å²) in [6.07, 6.45) is 2.24. The highest BCUT2D eigenvalue weighted by Crippen LogP contribution is 2.23. The van der Waals surface area contributed by atoms with Crippen molar-refractivity contribution < 1.29 is 9.18 Å². The van der Waals surface area contributed by atoms with Crippen molar-refractivity contribution in [2.75, 3.05) is 23.7 Å². The van der Waals surface area contributed by atoms with E-state index in [4.69, 9.17) is 5.73 Å². The van der Waals surface area contributed by atoms with Gasteiger partial charge in [-0.1, -0.05) is 26.0 Å². The van der Waals surface area contributed by atoms with E-state index in [2.05, 4.69) is 29.1 Å². The van der Waals surface area contributed by atoms with Crippen LogP contribution in [0.15, 0.2) is 30.3 Å². The van der Waals surface area contributed by atoms with E-state index in [1.807, 2.05) is 11.0 Å². The molecule has 1 amide bonds. The summed E-state index contributed by atoms with van der Waals surface area (Å²) in [6, 6.07) is 8.52. The molecule has 1 aromatic carbocycles. The summed E-state index contributed by atoms with van der Waals surface area (Å²) in [5, 5.41) is 3.02. The second-order valence-electron chi connectivity index (χ2n) is 7.39. The molecule has 1 fully saturated rings. The second-order valence-corrected chi connectivity index (χ2v) is 7.39. The number of anilines is 2. The minimum absolute atomic E-state index is 0.0327. The standard InChI is InChI=1S/C20H26FN5O/c1-13(2)11-15-12-17(25-20(22)24-15)19(27)23-14-7-9-26(10-8-14)18-6-4-3-5-16(18)21/h3-6,12-14H,7-11H2,1-2H3,(H,23,27)(H2,22,24,25). The van der Waals surface area contributed by atoms with Crippen LogP contribution in [0.5, 0.6) is 0 Å². The number of carbonyl (C=O) groups is 1. The average molecular weight is 371 g/mol. The summed E-state index contributed by atoms with van der Waals surface area (Å²) in [5.74, 6) is 0.0816. The monoisotopic (exact) mass is 371 g/mol. The number of benzene rings is 1. The van der Waals surface area contributed by atoms with E-state index in [9.17, 15) is 9.18 Å². The zero-order chi connectivity index (χ0) is 19.4. The highest BCUT2D eigenvalue weighted by Gasteiger charge is 2.23. The Labute approximate surface area is 159 Å². The van der Waals surface area contributed by atoms with E-state index in [-0.39, 0.29) is 23.7 Å². The van der Waals surface area contributed by atoms with Crippen molar-refractivity contribution in [2.24, 2.45) is 5.92 Å². The average Bonchev–Trinajstić information content (AvgIpc) is 2.62. The maximum Gasteiger partial charge on any atom is 0.270 e. The number of nitrogens with one attached hydrogen (secondary N) is 1. The lowest BCUT2D eigenvalue weighted by molar-refractivity contribution is 0.0925. The number of nitrogen functional groups attached to an aromatic ring is 1. The molecule has 0 radical (unpaired) electrons. The topological polar surface area (TPSA) is 84.1 Å². The van der Waals surface area contributed by atoms with Gasteiger partial charge in [0.15, 0.2) is 0 Å². The minimum atomic E-state index is -0.238. The minimum Gasteiger partial charge on any atom is -0.369 e. The predicted molar refractivity (Wildman–Crippen MR) is 104 cm³/mol. The number of rotatable bonds is 5.